The van der Waals surface area contributed by atoms with Crippen molar-refractivity contribution in [2.45, 2.75) is 24.0 Å². The Bertz CT molecular complexity index is 642. The molecule has 0 saturated carbocycles. The van der Waals surface area contributed by atoms with E-state index < -0.39 is 0 Å². The monoisotopic (exact) mass is 339 g/mol. The van der Waals surface area contributed by atoms with Gasteiger partial charge in [-0.25, -0.2) is 4.98 Å². The number of hydrogen-bond donors (Lipinski definition) is 2. The lowest BCUT2D eigenvalue weighted by molar-refractivity contribution is 0.953. The van der Waals surface area contributed by atoms with Gasteiger partial charge in [0.1, 0.15) is 11.6 Å². The van der Waals surface area contributed by atoms with Crippen LogP contribution in [-0.2, 0) is 12.2 Å². The van der Waals surface area contributed by atoms with E-state index in [1.807, 2.05) is 31.2 Å². The number of H-pyrrole nitrogens is 1. The average Bonchev–Trinajstić information content (AvgIpc) is 2.36. The molecule has 100 valence electrons. The second-order valence-electron chi connectivity index (χ2n) is 3.98. The number of thioether (sulfide) groups is 1. The molecular weight excluding hydrogens is 326 g/mol. The van der Waals surface area contributed by atoms with E-state index >= 15 is 0 Å². The quantitative estimate of drug-likeness (QED) is 0.840. The highest BCUT2D eigenvalue weighted by Crippen LogP contribution is 2.24. The van der Waals surface area contributed by atoms with Crippen LogP contribution in [0.25, 0.3) is 0 Å². The van der Waals surface area contributed by atoms with Crippen molar-refractivity contribution >= 4 is 33.5 Å². The van der Waals surface area contributed by atoms with Gasteiger partial charge in [-0.15, -0.1) is 11.8 Å². The van der Waals surface area contributed by atoms with E-state index in [-0.39, 0.29) is 5.56 Å². The molecule has 0 bridgehead atoms. The van der Waals surface area contributed by atoms with Crippen molar-refractivity contribution in [1.29, 1.82) is 0 Å². The maximum Gasteiger partial charge on any atom is 0.256 e. The zero-order valence-corrected chi connectivity index (χ0v) is 12.8. The van der Waals surface area contributed by atoms with Crippen LogP contribution in [0.15, 0.2) is 38.4 Å². The Labute approximate surface area is 124 Å². The van der Waals surface area contributed by atoms with Gasteiger partial charge in [-0.1, -0.05) is 28.9 Å². The van der Waals surface area contributed by atoms with Crippen molar-refractivity contribution in [3.8, 4) is 0 Å². The van der Waals surface area contributed by atoms with Crippen LogP contribution in [0.1, 0.15) is 18.3 Å². The fraction of sp³-hybridized carbons (Fsp3) is 0.231. The molecule has 0 aliphatic rings. The molecule has 2 rings (SSSR count). The van der Waals surface area contributed by atoms with Crippen molar-refractivity contribution in [2.24, 2.45) is 0 Å². The summed E-state index contributed by atoms with van der Waals surface area (Å²) in [6.45, 7) is 1.89. The summed E-state index contributed by atoms with van der Waals surface area (Å²) in [5, 5.41) is 0. The molecule has 4 nitrogen and oxygen atoms in total. The predicted octanol–water partition coefficient (Wildman–Crippen LogP) is 2.97. The van der Waals surface area contributed by atoms with E-state index in [1.54, 1.807) is 11.8 Å². The van der Waals surface area contributed by atoms with Gasteiger partial charge in [0, 0.05) is 9.37 Å². The maximum absolute atomic E-state index is 11.8. The van der Waals surface area contributed by atoms with Gasteiger partial charge < -0.3 is 10.7 Å². The molecule has 0 amide bonds. The van der Waals surface area contributed by atoms with Crippen LogP contribution in [0, 0.1) is 0 Å². The first kappa shape index (κ1) is 14.1. The van der Waals surface area contributed by atoms with Crippen LogP contribution >= 0.6 is 27.7 Å². The predicted molar refractivity (Wildman–Crippen MR) is 82.4 cm³/mol. The third-order valence-corrected chi connectivity index (χ3v) is 4.12. The van der Waals surface area contributed by atoms with Gasteiger partial charge in [-0.2, -0.15) is 0 Å². The topological polar surface area (TPSA) is 71.8 Å². The van der Waals surface area contributed by atoms with Crippen LogP contribution in [0.3, 0.4) is 0 Å². The molecule has 0 atom stereocenters. The van der Waals surface area contributed by atoms with Crippen LogP contribution in [0.4, 0.5) is 5.82 Å². The lowest BCUT2D eigenvalue weighted by Crippen LogP contribution is -2.18. The minimum Gasteiger partial charge on any atom is -0.383 e. The van der Waals surface area contributed by atoms with Crippen molar-refractivity contribution in [3.63, 3.8) is 0 Å². The second-order valence-corrected chi connectivity index (χ2v) is 5.94. The minimum atomic E-state index is -0.139. The number of nitrogen functional groups attached to an aromatic ring is 1. The molecule has 0 aliphatic heterocycles. The molecule has 0 unspecified atom stereocenters. The van der Waals surface area contributed by atoms with E-state index in [0.717, 1.165) is 9.37 Å². The number of nitrogens with zero attached hydrogens (tertiary/aromatic N) is 1. The molecule has 6 heteroatoms. The SMILES string of the molecule is CCc1c(N)nc(CSc2cccc(Br)c2)[nH]c1=O. The third-order valence-electron chi connectivity index (χ3n) is 2.62. The standard InChI is InChI=1S/C13H14BrN3OS/c1-2-10-12(15)16-11(17-13(10)18)7-19-9-5-3-4-8(14)6-9/h3-6H,2,7H2,1H3,(H3,15,16,17,18). The van der Waals surface area contributed by atoms with E-state index in [1.165, 1.54) is 0 Å². The normalized spacial score (nSPS) is 10.6. The number of nitrogens with one attached hydrogen (secondary N) is 1. The van der Waals surface area contributed by atoms with E-state index in [2.05, 4.69) is 25.9 Å². The van der Waals surface area contributed by atoms with Crippen LogP contribution in [-0.4, -0.2) is 9.97 Å². The Hall–Kier alpha value is -1.27. The second kappa shape index (κ2) is 6.25. The molecule has 19 heavy (non-hydrogen) atoms. The Kier molecular flexibility index (Phi) is 4.66. The number of rotatable bonds is 4. The summed E-state index contributed by atoms with van der Waals surface area (Å²) in [6.07, 6.45) is 0.590. The van der Waals surface area contributed by atoms with Crippen molar-refractivity contribution in [1.82, 2.24) is 9.97 Å². The zero-order valence-electron chi connectivity index (χ0n) is 10.4. The fourth-order valence-corrected chi connectivity index (χ4v) is 3.06. The molecule has 1 aromatic carbocycles. The minimum absolute atomic E-state index is 0.139. The summed E-state index contributed by atoms with van der Waals surface area (Å²) in [5.41, 5.74) is 6.19. The van der Waals surface area contributed by atoms with Gasteiger partial charge in [0.15, 0.2) is 0 Å². The zero-order chi connectivity index (χ0) is 13.8. The molecule has 0 radical (unpaired) electrons. The van der Waals surface area contributed by atoms with Crippen LogP contribution < -0.4 is 11.3 Å². The summed E-state index contributed by atoms with van der Waals surface area (Å²) in [4.78, 5) is 19.9. The highest BCUT2D eigenvalue weighted by molar-refractivity contribution is 9.10. The third kappa shape index (κ3) is 3.61. The summed E-state index contributed by atoms with van der Waals surface area (Å²) in [6, 6.07) is 7.97. The Balaban J connectivity index is 2.14. The van der Waals surface area contributed by atoms with Crippen molar-refractivity contribution in [2.75, 3.05) is 5.73 Å². The molecular formula is C13H14BrN3OS. The number of benzene rings is 1. The van der Waals surface area contributed by atoms with Gasteiger partial charge >= 0.3 is 0 Å². The maximum atomic E-state index is 11.8. The number of nitrogens with two attached hydrogens (primary N) is 1. The number of hydrogen-bond acceptors (Lipinski definition) is 4. The first-order chi connectivity index (χ1) is 9.10. The smallest absolute Gasteiger partial charge is 0.256 e. The van der Waals surface area contributed by atoms with Crippen LogP contribution in [0.2, 0.25) is 0 Å². The molecule has 0 spiro atoms. The number of halogens is 1. The summed E-state index contributed by atoms with van der Waals surface area (Å²) >= 11 is 5.02. The molecule has 3 N–H and O–H groups in total. The summed E-state index contributed by atoms with van der Waals surface area (Å²) in [7, 11) is 0. The Morgan fingerprint density at radius 3 is 2.89 bits per heavy atom. The lowest BCUT2D eigenvalue weighted by atomic mass is 10.2. The summed E-state index contributed by atoms with van der Waals surface area (Å²) < 4.78 is 1.03. The molecule has 0 aliphatic carbocycles. The van der Waals surface area contributed by atoms with Gasteiger partial charge in [0.2, 0.25) is 0 Å². The lowest BCUT2D eigenvalue weighted by Gasteiger charge is -2.05. The van der Waals surface area contributed by atoms with E-state index in [9.17, 15) is 4.79 Å². The van der Waals surface area contributed by atoms with Gasteiger partial charge in [-0.3, -0.25) is 4.79 Å². The first-order valence-electron chi connectivity index (χ1n) is 5.86. The number of aromatic nitrogens is 2. The van der Waals surface area contributed by atoms with Gasteiger partial charge in [-0.05, 0) is 24.6 Å². The van der Waals surface area contributed by atoms with Gasteiger partial charge in [0.05, 0.1) is 11.3 Å². The molecule has 0 saturated heterocycles. The van der Waals surface area contributed by atoms with E-state index in [0.29, 0.717) is 29.4 Å². The van der Waals surface area contributed by atoms with Gasteiger partial charge in [0.25, 0.3) is 5.56 Å². The van der Waals surface area contributed by atoms with Crippen LogP contribution in [0.5, 0.6) is 0 Å². The molecule has 1 heterocycles. The molecule has 1 aromatic heterocycles. The summed E-state index contributed by atoms with van der Waals surface area (Å²) in [5.74, 6) is 1.51. The van der Waals surface area contributed by atoms with E-state index in [4.69, 9.17) is 5.73 Å². The van der Waals surface area contributed by atoms with Crippen molar-refractivity contribution in [3.05, 3.63) is 50.5 Å². The highest BCUT2D eigenvalue weighted by Gasteiger charge is 2.07. The first-order valence-corrected chi connectivity index (χ1v) is 7.64. The Morgan fingerprint density at radius 2 is 2.26 bits per heavy atom. The average molecular weight is 340 g/mol. The molecule has 2 aromatic rings. The van der Waals surface area contributed by atoms with Crippen molar-refractivity contribution < 1.29 is 0 Å². The Morgan fingerprint density at radius 1 is 1.47 bits per heavy atom. The number of aromatic amines is 1. The highest BCUT2D eigenvalue weighted by atomic mass is 79.9. The largest absolute Gasteiger partial charge is 0.383 e. The molecule has 0 fully saturated rings. The number of anilines is 1. The fourth-order valence-electron chi connectivity index (χ4n) is 1.68.